The fourth-order valence-electron chi connectivity index (χ4n) is 6.02. The average molecular weight is 506 g/mol. The van der Waals surface area contributed by atoms with Crippen LogP contribution in [0.1, 0.15) is 47.8 Å². The van der Waals surface area contributed by atoms with Crippen molar-refractivity contribution in [3.05, 3.63) is 94.1 Å². The van der Waals surface area contributed by atoms with E-state index in [9.17, 15) is 23.1 Å². The molecule has 0 unspecified atom stereocenters. The van der Waals surface area contributed by atoms with Gasteiger partial charge in [-0.1, -0.05) is 38.1 Å². The fourth-order valence-corrected chi connectivity index (χ4v) is 6.02. The molecule has 2 saturated heterocycles. The maximum atomic E-state index is 14.3. The first-order valence-electron chi connectivity index (χ1n) is 12.4. The quantitative estimate of drug-likeness (QED) is 0.551. The summed E-state index contributed by atoms with van der Waals surface area (Å²) in [5.74, 6) is -3.71. The molecule has 37 heavy (non-hydrogen) atoms. The molecule has 7 heteroatoms. The number of carbonyl (C=O) groups is 1. The van der Waals surface area contributed by atoms with Crippen LogP contribution in [-0.2, 0) is 5.41 Å². The number of fused-ring (bicyclic) bond motifs is 2. The summed E-state index contributed by atoms with van der Waals surface area (Å²) in [5.41, 5.74) is 5.24. The Balaban J connectivity index is 1.58. The molecule has 0 amide bonds. The minimum atomic E-state index is -2.69. The van der Waals surface area contributed by atoms with Gasteiger partial charge in [-0.15, -0.1) is 0 Å². The maximum Gasteiger partial charge on any atom is 0.336 e. The van der Waals surface area contributed by atoms with Gasteiger partial charge >= 0.3 is 5.97 Å². The molecule has 0 saturated carbocycles. The smallest absolute Gasteiger partial charge is 0.336 e. The van der Waals surface area contributed by atoms with Crippen LogP contribution in [-0.4, -0.2) is 59.1 Å². The van der Waals surface area contributed by atoms with Gasteiger partial charge < -0.3 is 10.0 Å². The number of alkyl halides is 3. The van der Waals surface area contributed by atoms with E-state index < -0.39 is 23.0 Å². The molecule has 0 atom stereocenters. The lowest BCUT2D eigenvalue weighted by atomic mass is 9.64. The molecule has 6 rings (SSSR count). The standard InChI is InChI=1S/C30H27F3N2O2/c1-28(2)24-12-18(34-14-29(3,31)15-34)8-10-22(24)26(20-6-4-5-7-21(20)27(36)37)23-11-9-19(13-25(23)28)35-16-30(32,33)17-35/h4-13H,14-17H2,1-3H3/p+1. The van der Waals surface area contributed by atoms with Gasteiger partial charge in [0.05, 0.1) is 18.7 Å². The Labute approximate surface area is 213 Å². The Morgan fingerprint density at radius 1 is 0.973 bits per heavy atom. The second-order valence-corrected chi connectivity index (χ2v) is 11.3. The summed E-state index contributed by atoms with van der Waals surface area (Å²) in [6.07, 6.45) is 6.04. The van der Waals surface area contributed by atoms with Gasteiger partial charge in [0.15, 0.2) is 18.8 Å². The molecule has 190 valence electrons. The number of hydrogen-bond acceptors (Lipinski definition) is 2. The van der Waals surface area contributed by atoms with E-state index in [1.165, 1.54) is 0 Å². The molecular weight excluding hydrogens is 477 g/mol. The summed E-state index contributed by atoms with van der Waals surface area (Å²) >= 11 is 0. The minimum Gasteiger partial charge on any atom is -0.478 e. The molecule has 4 aliphatic rings. The first-order chi connectivity index (χ1) is 17.4. The first kappa shape index (κ1) is 23.8. The van der Waals surface area contributed by atoms with Crippen LogP contribution in [0.2, 0.25) is 0 Å². The highest BCUT2D eigenvalue weighted by atomic mass is 19.3. The Morgan fingerprint density at radius 3 is 2.32 bits per heavy atom. The van der Waals surface area contributed by atoms with Gasteiger partial charge in [0.1, 0.15) is 0 Å². The number of benzene rings is 2. The number of carboxylic acids is 1. The van der Waals surface area contributed by atoms with E-state index in [0.29, 0.717) is 18.7 Å². The van der Waals surface area contributed by atoms with Crippen molar-refractivity contribution in [2.45, 2.75) is 37.8 Å². The van der Waals surface area contributed by atoms with Crippen LogP contribution in [0.3, 0.4) is 0 Å². The lowest BCUT2D eigenvalue weighted by Crippen LogP contribution is -2.56. The van der Waals surface area contributed by atoms with E-state index in [1.807, 2.05) is 47.1 Å². The van der Waals surface area contributed by atoms with Gasteiger partial charge in [0.25, 0.3) is 5.92 Å². The van der Waals surface area contributed by atoms with Gasteiger partial charge in [-0.05, 0) is 64.6 Å². The van der Waals surface area contributed by atoms with E-state index in [2.05, 4.69) is 19.9 Å². The third-order valence-electron chi connectivity index (χ3n) is 7.93. The molecule has 4 nitrogen and oxygen atoms in total. The number of carboxylic acid groups (broad SMARTS) is 1. The van der Waals surface area contributed by atoms with Crippen LogP contribution in [0.4, 0.5) is 18.9 Å². The van der Waals surface area contributed by atoms with E-state index in [0.717, 1.165) is 39.2 Å². The molecular formula is C30H28F3N2O2+. The molecule has 0 radical (unpaired) electrons. The van der Waals surface area contributed by atoms with E-state index >= 15 is 0 Å². The van der Waals surface area contributed by atoms with Crippen LogP contribution in [0, 0.1) is 0 Å². The van der Waals surface area contributed by atoms with Crippen LogP contribution in [0.5, 0.6) is 0 Å². The van der Waals surface area contributed by atoms with Crippen molar-refractivity contribution in [1.82, 2.24) is 0 Å². The Kier molecular flexibility index (Phi) is 4.94. The predicted octanol–water partition coefficient (Wildman–Crippen LogP) is 5.62. The molecule has 2 aliphatic heterocycles. The molecule has 2 fully saturated rings. The molecule has 0 spiro atoms. The zero-order chi connectivity index (χ0) is 26.3. The molecule has 0 aromatic heterocycles. The van der Waals surface area contributed by atoms with Crippen LogP contribution in [0.15, 0.2) is 71.8 Å². The van der Waals surface area contributed by atoms with Gasteiger partial charge in [0.2, 0.25) is 5.67 Å². The maximum absolute atomic E-state index is 14.3. The van der Waals surface area contributed by atoms with Crippen molar-refractivity contribution >= 4 is 22.9 Å². The van der Waals surface area contributed by atoms with Crippen molar-refractivity contribution < 1.29 is 27.6 Å². The third kappa shape index (κ3) is 3.74. The Bertz CT molecular complexity index is 1480. The number of nitrogens with zero attached hydrogens (tertiary/aromatic N) is 2. The second kappa shape index (κ2) is 7.70. The topological polar surface area (TPSA) is 43.6 Å². The monoisotopic (exact) mass is 505 g/mol. The molecule has 0 bridgehead atoms. The largest absolute Gasteiger partial charge is 0.478 e. The summed E-state index contributed by atoms with van der Waals surface area (Å²) < 4.78 is 43.6. The number of allylic oxidation sites excluding steroid dienone is 5. The summed E-state index contributed by atoms with van der Waals surface area (Å²) in [7, 11) is 0. The molecule has 1 N–H and O–H groups in total. The van der Waals surface area contributed by atoms with Crippen LogP contribution in [0.25, 0.3) is 5.57 Å². The summed E-state index contributed by atoms with van der Waals surface area (Å²) in [5, 5.41) is 9.97. The molecule has 2 aromatic carbocycles. The van der Waals surface area contributed by atoms with Crippen molar-refractivity contribution in [3.63, 3.8) is 0 Å². The summed E-state index contributed by atoms with van der Waals surface area (Å²) in [6.45, 7) is 5.78. The van der Waals surface area contributed by atoms with Crippen molar-refractivity contribution in [2.24, 2.45) is 0 Å². The van der Waals surface area contributed by atoms with E-state index in [1.54, 1.807) is 24.0 Å². The third-order valence-corrected chi connectivity index (χ3v) is 7.93. The van der Waals surface area contributed by atoms with Crippen molar-refractivity contribution in [1.29, 1.82) is 0 Å². The number of aromatic carboxylic acids is 1. The van der Waals surface area contributed by atoms with Gasteiger partial charge in [-0.3, -0.25) is 0 Å². The SMILES string of the molecule is CC1(F)C[N+](=C2C=CC3=C(c4ccccc4C(=O)O)c4ccc(N5CC(F)(F)C5)cc4C(C)(C)C3=C2)C1. The van der Waals surface area contributed by atoms with Gasteiger partial charge in [-0.2, -0.15) is 0 Å². The van der Waals surface area contributed by atoms with E-state index in [4.69, 9.17) is 0 Å². The normalized spacial score (nSPS) is 25.1. The first-order valence-corrected chi connectivity index (χ1v) is 12.4. The highest BCUT2D eigenvalue weighted by molar-refractivity contribution is 6.08. The summed E-state index contributed by atoms with van der Waals surface area (Å²) in [4.78, 5) is 13.8. The van der Waals surface area contributed by atoms with E-state index in [-0.39, 0.29) is 18.7 Å². The minimum absolute atomic E-state index is 0.195. The number of halogens is 3. The van der Waals surface area contributed by atoms with Crippen molar-refractivity contribution in [2.75, 3.05) is 31.1 Å². The Hall–Kier alpha value is -3.61. The highest BCUT2D eigenvalue weighted by Crippen LogP contribution is 2.51. The highest BCUT2D eigenvalue weighted by Gasteiger charge is 2.47. The lowest BCUT2D eigenvalue weighted by Gasteiger charge is -2.43. The zero-order valence-electron chi connectivity index (χ0n) is 21.0. The average Bonchev–Trinajstić information content (AvgIpc) is 2.81. The molecule has 2 aromatic rings. The second-order valence-electron chi connectivity index (χ2n) is 11.3. The van der Waals surface area contributed by atoms with Crippen LogP contribution >= 0.6 is 0 Å². The number of anilines is 1. The van der Waals surface area contributed by atoms with Gasteiger partial charge in [0, 0.05) is 23.3 Å². The molecule has 2 aliphatic carbocycles. The summed E-state index contributed by atoms with van der Waals surface area (Å²) in [6, 6.07) is 12.7. The predicted molar refractivity (Wildman–Crippen MR) is 138 cm³/mol. The van der Waals surface area contributed by atoms with Crippen molar-refractivity contribution in [3.8, 4) is 0 Å². The lowest BCUT2D eigenvalue weighted by molar-refractivity contribution is -0.619. The van der Waals surface area contributed by atoms with Gasteiger partial charge in [-0.25, -0.2) is 22.5 Å². The number of hydrogen-bond donors (Lipinski definition) is 1. The molecule has 2 heterocycles. The fraction of sp³-hybridized carbons (Fsp3) is 0.333. The van der Waals surface area contributed by atoms with Crippen LogP contribution < -0.4 is 4.90 Å². The number of rotatable bonds is 3. The Morgan fingerprint density at radius 2 is 1.68 bits per heavy atom. The zero-order valence-corrected chi connectivity index (χ0v) is 21.0.